The Hall–Kier alpha value is -2.53. The molecule has 3 rings (SSSR count). The number of aryl methyl sites for hydroxylation is 1. The SMILES string of the molecule is CSCc1ccc(C(=O)NCc2c(C)nn(-c3ccccc3)c2C)cc1. The summed E-state index contributed by atoms with van der Waals surface area (Å²) in [6.07, 6.45) is 2.07. The first-order valence-corrected chi connectivity index (χ1v) is 9.96. The normalized spacial score (nSPS) is 10.7. The van der Waals surface area contributed by atoms with Crippen LogP contribution in [-0.2, 0) is 12.3 Å². The van der Waals surface area contributed by atoms with Crippen LogP contribution in [-0.4, -0.2) is 21.9 Å². The topological polar surface area (TPSA) is 46.9 Å². The van der Waals surface area contributed by atoms with Gasteiger partial charge in [0.05, 0.1) is 11.4 Å². The number of para-hydroxylation sites is 1. The fourth-order valence-corrected chi connectivity index (χ4v) is 3.47. The maximum atomic E-state index is 12.4. The van der Waals surface area contributed by atoms with Crippen LogP contribution < -0.4 is 5.32 Å². The fraction of sp³-hybridized carbons (Fsp3) is 0.238. The Morgan fingerprint density at radius 3 is 2.42 bits per heavy atom. The van der Waals surface area contributed by atoms with Crippen molar-refractivity contribution < 1.29 is 4.79 Å². The second-order valence-corrected chi connectivity index (χ2v) is 7.08. The Morgan fingerprint density at radius 2 is 1.77 bits per heavy atom. The molecule has 134 valence electrons. The zero-order chi connectivity index (χ0) is 18.5. The number of hydrogen-bond donors (Lipinski definition) is 1. The molecule has 1 amide bonds. The number of aromatic nitrogens is 2. The third kappa shape index (κ3) is 3.99. The minimum Gasteiger partial charge on any atom is -0.348 e. The van der Waals surface area contributed by atoms with Crippen LogP contribution in [0.5, 0.6) is 0 Å². The molecule has 1 N–H and O–H groups in total. The van der Waals surface area contributed by atoms with Gasteiger partial charge >= 0.3 is 0 Å². The van der Waals surface area contributed by atoms with Crippen molar-refractivity contribution in [1.82, 2.24) is 15.1 Å². The third-order valence-corrected chi connectivity index (χ3v) is 5.02. The van der Waals surface area contributed by atoms with Crippen LogP contribution in [0.2, 0.25) is 0 Å². The van der Waals surface area contributed by atoms with Crippen LogP contribution in [0.25, 0.3) is 5.69 Å². The highest BCUT2D eigenvalue weighted by Gasteiger charge is 2.14. The summed E-state index contributed by atoms with van der Waals surface area (Å²) in [4.78, 5) is 12.4. The predicted molar refractivity (Wildman–Crippen MR) is 108 cm³/mol. The van der Waals surface area contributed by atoms with E-state index in [4.69, 9.17) is 0 Å². The van der Waals surface area contributed by atoms with Gasteiger partial charge in [0.1, 0.15) is 0 Å². The molecular formula is C21H23N3OS. The molecule has 0 aliphatic carbocycles. The van der Waals surface area contributed by atoms with Crippen molar-refractivity contribution in [3.05, 3.63) is 82.7 Å². The van der Waals surface area contributed by atoms with Gasteiger partial charge in [0.15, 0.2) is 0 Å². The highest BCUT2D eigenvalue weighted by molar-refractivity contribution is 7.97. The standard InChI is InChI=1S/C21H23N3OS/c1-15-20(16(2)24(23-15)19-7-5-4-6-8-19)13-22-21(25)18-11-9-17(10-12-18)14-26-3/h4-12H,13-14H2,1-3H3,(H,22,25). The Balaban J connectivity index is 1.71. The highest BCUT2D eigenvalue weighted by atomic mass is 32.2. The van der Waals surface area contributed by atoms with Crippen molar-refractivity contribution in [3.63, 3.8) is 0 Å². The lowest BCUT2D eigenvalue weighted by atomic mass is 10.1. The lowest BCUT2D eigenvalue weighted by molar-refractivity contribution is 0.0951. The minimum absolute atomic E-state index is 0.0630. The molecule has 0 atom stereocenters. The van der Waals surface area contributed by atoms with Gasteiger partial charge in [0, 0.05) is 29.1 Å². The molecule has 0 saturated carbocycles. The van der Waals surface area contributed by atoms with Crippen LogP contribution >= 0.6 is 11.8 Å². The molecule has 0 aliphatic rings. The number of hydrogen-bond acceptors (Lipinski definition) is 3. The smallest absolute Gasteiger partial charge is 0.251 e. The van der Waals surface area contributed by atoms with E-state index in [-0.39, 0.29) is 5.91 Å². The minimum atomic E-state index is -0.0630. The lowest BCUT2D eigenvalue weighted by Crippen LogP contribution is -2.23. The summed E-state index contributed by atoms with van der Waals surface area (Å²) in [5.74, 6) is 0.894. The maximum Gasteiger partial charge on any atom is 0.251 e. The van der Waals surface area contributed by atoms with Crippen molar-refractivity contribution in [2.45, 2.75) is 26.1 Å². The van der Waals surface area contributed by atoms with Crippen molar-refractivity contribution >= 4 is 17.7 Å². The third-order valence-electron chi connectivity index (χ3n) is 4.39. The molecule has 4 nitrogen and oxygen atoms in total. The molecular weight excluding hydrogens is 342 g/mol. The second-order valence-electron chi connectivity index (χ2n) is 6.21. The van der Waals surface area contributed by atoms with E-state index in [9.17, 15) is 4.79 Å². The number of carbonyl (C=O) groups is 1. The molecule has 0 unspecified atom stereocenters. The summed E-state index contributed by atoms with van der Waals surface area (Å²) < 4.78 is 1.92. The van der Waals surface area contributed by atoms with Gasteiger partial charge in [-0.2, -0.15) is 16.9 Å². The molecule has 0 aliphatic heterocycles. The number of rotatable bonds is 6. The van der Waals surface area contributed by atoms with E-state index < -0.39 is 0 Å². The maximum absolute atomic E-state index is 12.4. The largest absolute Gasteiger partial charge is 0.348 e. The highest BCUT2D eigenvalue weighted by Crippen LogP contribution is 2.18. The number of benzene rings is 2. The molecule has 1 aromatic heterocycles. The summed E-state index contributed by atoms with van der Waals surface area (Å²) in [6.45, 7) is 4.48. The van der Waals surface area contributed by atoms with Crippen LogP contribution in [0, 0.1) is 13.8 Å². The van der Waals surface area contributed by atoms with Crippen LogP contribution in [0.4, 0.5) is 0 Å². The van der Waals surface area contributed by atoms with E-state index in [2.05, 4.69) is 16.7 Å². The van der Waals surface area contributed by atoms with Gasteiger partial charge in [-0.25, -0.2) is 4.68 Å². The van der Waals surface area contributed by atoms with Crippen molar-refractivity contribution in [3.8, 4) is 5.69 Å². The van der Waals surface area contributed by atoms with Crippen LogP contribution in [0.1, 0.15) is 32.9 Å². The average molecular weight is 366 g/mol. The summed E-state index contributed by atoms with van der Waals surface area (Å²) in [5, 5.41) is 7.64. The second kappa shape index (κ2) is 8.23. The lowest BCUT2D eigenvalue weighted by Gasteiger charge is -2.08. The number of thioether (sulfide) groups is 1. The first kappa shape index (κ1) is 18.3. The van der Waals surface area contributed by atoms with Crippen molar-refractivity contribution in [2.24, 2.45) is 0 Å². The van der Waals surface area contributed by atoms with Gasteiger partial charge in [-0.05, 0) is 49.9 Å². The van der Waals surface area contributed by atoms with Gasteiger partial charge < -0.3 is 5.32 Å². The summed E-state index contributed by atoms with van der Waals surface area (Å²) in [7, 11) is 0. The number of amides is 1. The molecule has 26 heavy (non-hydrogen) atoms. The molecule has 0 saturated heterocycles. The molecule has 0 fully saturated rings. The summed E-state index contributed by atoms with van der Waals surface area (Å²) >= 11 is 1.77. The van der Waals surface area contributed by atoms with Crippen molar-refractivity contribution in [2.75, 3.05) is 6.26 Å². The zero-order valence-electron chi connectivity index (χ0n) is 15.3. The van der Waals surface area contributed by atoms with Crippen molar-refractivity contribution in [1.29, 1.82) is 0 Å². The molecule has 0 spiro atoms. The van der Waals surface area contributed by atoms with Gasteiger partial charge in [0.2, 0.25) is 0 Å². The Labute approximate surface area is 158 Å². The van der Waals surface area contributed by atoms with E-state index in [1.807, 2.05) is 73.1 Å². The quantitative estimate of drug-likeness (QED) is 0.709. The molecule has 2 aromatic carbocycles. The Bertz CT molecular complexity index is 886. The van der Waals surface area contributed by atoms with Gasteiger partial charge in [0.25, 0.3) is 5.91 Å². The molecule has 0 radical (unpaired) electrons. The van der Waals surface area contributed by atoms with Gasteiger partial charge in [-0.1, -0.05) is 30.3 Å². The van der Waals surface area contributed by atoms with E-state index in [0.717, 1.165) is 28.4 Å². The first-order chi connectivity index (χ1) is 12.6. The number of carbonyl (C=O) groups excluding carboxylic acids is 1. The summed E-state index contributed by atoms with van der Waals surface area (Å²) in [6, 6.07) is 17.8. The first-order valence-electron chi connectivity index (χ1n) is 8.56. The number of nitrogens with one attached hydrogen (secondary N) is 1. The van der Waals surface area contributed by atoms with E-state index in [1.54, 1.807) is 11.8 Å². The fourth-order valence-electron chi connectivity index (χ4n) is 2.94. The van der Waals surface area contributed by atoms with Crippen LogP contribution in [0.3, 0.4) is 0 Å². The predicted octanol–water partition coefficient (Wildman–Crippen LogP) is 4.28. The zero-order valence-corrected chi connectivity index (χ0v) is 16.1. The Kier molecular flexibility index (Phi) is 5.78. The monoisotopic (exact) mass is 365 g/mol. The Morgan fingerprint density at radius 1 is 1.08 bits per heavy atom. The number of nitrogens with zero attached hydrogens (tertiary/aromatic N) is 2. The summed E-state index contributed by atoms with van der Waals surface area (Å²) in [5.41, 5.74) is 5.97. The van der Waals surface area contributed by atoms with Gasteiger partial charge in [-0.15, -0.1) is 0 Å². The van der Waals surface area contributed by atoms with Gasteiger partial charge in [-0.3, -0.25) is 4.79 Å². The molecule has 1 heterocycles. The average Bonchev–Trinajstić information content (AvgIpc) is 2.95. The molecule has 3 aromatic rings. The molecule has 0 bridgehead atoms. The van der Waals surface area contributed by atoms with E-state index in [1.165, 1.54) is 5.56 Å². The van der Waals surface area contributed by atoms with E-state index >= 15 is 0 Å². The molecule has 5 heteroatoms. The van der Waals surface area contributed by atoms with Crippen LogP contribution in [0.15, 0.2) is 54.6 Å². The van der Waals surface area contributed by atoms with E-state index in [0.29, 0.717) is 12.1 Å².